The number of amides is 2. The van der Waals surface area contributed by atoms with Gasteiger partial charge in [0.25, 0.3) is 10.0 Å². The van der Waals surface area contributed by atoms with Gasteiger partial charge < -0.3 is 25.8 Å². The number of ether oxygens (including phenoxy) is 1. The molecule has 11 nitrogen and oxygen atoms in total. The second kappa shape index (κ2) is 11.1. The standard InChI is InChI=1S/C25H32BN5O6S/c1-25(2,26(33)34)15-28-12-11-21(27)38(35,36)31-24(32)30-23-19-5-3-4-16(19)6-9-20(23)17-10-13-29-22(14-17)37-18-7-8-18/h6,9-14,18,33-34H,3-5,7-8,15,27H2,1-2H3,(H2,30,31,32)/p+1/b21-11+,28-12?. The molecule has 1 saturated carbocycles. The molecular weight excluding hydrogens is 509 g/mol. The van der Waals surface area contributed by atoms with Crippen molar-refractivity contribution in [3.63, 3.8) is 0 Å². The number of hydrogen-bond acceptors (Lipinski definition) is 8. The molecule has 1 fully saturated rings. The molecule has 4 rings (SSSR count). The lowest BCUT2D eigenvalue weighted by Crippen LogP contribution is -2.72. The molecule has 13 heteroatoms. The van der Waals surface area contributed by atoms with E-state index in [0.717, 1.165) is 60.4 Å². The largest absolute Gasteiger partial charge is 0.474 e. The third kappa shape index (κ3) is 6.71. The number of urea groups is 1. The van der Waals surface area contributed by atoms with E-state index in [1.807, 2.05) is 29.0 Å². The molecule has 1 aromatic heterocycles. The van der Waals surface area contributed by atoms with Crippen LogP contribution in [0.2, 0.25) is 5.31 Å². The van der Waals surface area contributed by atoms with Gasteiger partial charge in [-0.05, 0) is 54.9 Å². The molecule has 0 atom stereocenters. The van der Waals surface area contributed by atoms with Gasteiger partial charge >= 0.3 is 13.1 Å². The van der Waals surface area contributed by atoms with Crippen molar-refractivity contribution in [3.05, 3.63) is 52.7 Å². The SMILES string of the molecule is CC(C)(C[NH+]=C/C=C(\N)S(=O)(=O)NC(=O)Nc1c(-c2ccnc(OC3CC3)c2)ccc2c1CCC2)B(O)O. The maximum Gasteiger partial charge on any atom is 0.464 e. The topological polar surface area (TPSA) is 178 Å². The van der Waals surface area contributed by atoms with Crippen molar-refractivity contribution in [1.29, 1.82) is 0 Å². The number of rotatable bonds is 10. The van der Waals surface area contributed by atoms with Gasteiger partial charge in [0.15, 0.2) is 11.2 Å². The maximum atomic E-state index is 12.9. The van der Waals surface area contributed by atoms with Crippen LogP contribution in [0, 0.1) is 0 Å². The Morgan fingerprint density at radius 1 is 1.29 bits per heavy atom. The molecule has 0 spiro atoms. The van der Waals surface area contributed by atoms with E-state index in [4.69, 9.17) is 10.5 Å². The number of aromatic nitrogens is 1. The van der Waals surface area contributed by atoms with Crippen LogP contribution in [0.15, 0.2) is 41.6 Å². The predicted octanol–water partition coefficient (Wildman–Crippen LogP) is 0.434. The average Bonchev–Trinajstić information content (AvgIpc) is 3.53. The van der Waals surface area contributed by atoms with E-state index in [-0.39, 0.29) is 12.6 Å². The Balaban J connectivity index is 1.51. The molecule has 1 heterocycles. The highest BCUT2D eigenvalue weighted by molar-refractivity contribution is 7.93. The Morgan fingerprint density at radius 3 is 2.76 bits per heavy atom. The highest BCUT2D eigenvalue weighted by Gasteiger charge is 2.34. The number of aryl methyl sites for hydroxylation is 1. The van der Waals surface area contributed by atoms with Gasteiger partial charge in [-0.25, -0.2) is 19.5 Å². The molecular formula is C25H33BN5O6S+. The lowest BCUT2D eigenvalue weighted by atomic mass is 9.60. The Morgan fingerprint density at radius 2 is 2.05 bits per heavy atom. The molecule has 202 valence electrons. The van der Waals surface area contributed by atoms with Crippen molar-refractivity contribution < 1.29 is 33.0 Å². The van der Waals surface area contributed by atoms with E-state index < -0.39 is 33.5 Å². The number of benzene rings is 1. The second-order valence-electron chi connectivity index (χ2n) is 10.2. The van der Waals surface area contributed by atoms with Gasteiger partial charge in [-0.2, -0.15) is 8.42 Å². The van der Waals surface area contributed by atoms with Gasteiger partial charge in [0.2, 0.25) is 5.88 Å². The molecule has 0 aliphatic heterocycles. The number of anilines is 1. The van der Waals surface area contributed by atoms with Crippen LogP contribution in [0.25, 0.3) is 11.1 Å². The Bertz CT molecular complexity index is 1370. The molecule has 0 radical (unpaired) electrons. The number of carbonyl (C=O) groups is 1. The average molecular weight is 542 g/mol. The summed E-state index contributed by atoms with van der Waals surface area (Å²) < 4.78 is 33.1. The van der Waals surface area contributed by atoms with Crippen LogP contribution in [-0.4, -0.2) is 55.5 Å². The van der Waals surface area contributed by atoms with Crippen molar-refractivity contribution in [2.24, 2.45) is 5.73 Å². The number of nitrogens with zero attached hydrogens (tertiary/aromatic N) is 1. The number of fused-ring (bicyclic) bond motifs is 1. The first-order valence-corrected chi connectivity index (χ1v) is 13.9. The van der Waals surface area contributed by atoms with Crippen LogP contribution < -0.4 is 25.5 Å². The number of nitrogens with one attached hydrogen (secondary N) is 3. The molecule has 7 N–H and O–H groups in total. The smallest absolute Gasteiger partial charge is 0.464 e. The molecule has 0 saturated heterocycles. The number of pyridine rings is 1. The zero-order valence-corrected chi connectivity index (χ0v) is 22.2. The molecule has 2 amide bonds. The number of allylic oxidation sites excluding steroid dienone is 1. The Labute approximate surface area is 222 Å². The highest BCUT2D eigenvalue weighted by Crippen LogP contribution is 2.38. The summed E-state index contributed by atoms with van der Waals surface area (Å²) in [7, 11) is -5.90. The van der Waals surface area contributed by atoms with E-state index in [9.17, 15) is 23.3 Å². The van der Waals surface area contributed by atoms with E-state index in [1.165, 1.54) is 6.21 Å². The minimum atomic E-state index is -4.34. The third-order valence-electron chi connectivity index (χ3n) is 6.54. The van der Waals surface area contributed by atoms with Crippen LogP contribution >= 0.6 is 0 Å². The first-order valence-electron chi connectivity index (χ1n) is 12.5. The van der Waals surface area contributed by atoms with Crippen molar-refractivity contribution in [1.82, 2.24) is 9.71 Å². The monoisotopic (exact) mass is 542 g/mol. The fourth-order valence-electron chi connectivity index (χ4n) is 4.01. The molecule has 0 bridgehead atoms. The third-order valence-corrected chi connectivity index (χ3v) is 7.75. The van der Waals surface area contributed by atoms with Crippen LogP contribution in [0.3, 0.4) is 0 Å². The van der Waals surface area contributed by atoms with Gasteiger partial charge in [-0.1, -0.05) is 26.0 Å². The van der Waals surface area contributed by atoms with Crippen molar-refractivity contribution in [2.45, 2.75) is 57.4 Å². The first kappa shape index (κ1) is 27.6. The van der Waals surface area contributed by atoms with E-state index in [0.29, 0.717) is 11.6 Å². The fraction of sp³-hybridized carbons (Fsp3) is 0.400. The molecule has 2 aliphatic rings. The lowest BCUT2D eigenvalue weighted by Gasteiger charge is -2.17. The van der Waals surface area contributed by atoms with Gasteiger partial charge in [0, 0.05) is 23.9 Å². The minimum Gasteiger partial charge on any atom is -0.474 e. The zero-order chi connectivity index (χ0) is 27.5. The maximum absolute atomic E-state index is 12.9. The highest BCUT2D eigenvalue weighted by atomic mass is 32.2. The Hall–Kier alpha value is -3.42. The molecule has 0 unspecified atom stereocenters. The number of nitrogens with two attached hydrogens (primary N) is 1. The molecule has 38 heavy (non-hydrogen) atoms. The van der Waals surface area contributed by atoms with Crippen molar-refractivity contribution >= 4 is 35.1 Å². The van der Waals surface area contributed by atoms with E-state index in [1.54, 1.807) is 20.0 Å². The second-order valence-corrected chi connectivity index (χ2v) is 11.9. The normalized spacial score (nSPS) is 15.8. The zero-order valence-electron chi connectivity index (χ0n) is 21.4. The molecule has 2 aliphatic carbocycles. The molecule has 1 aromatic carbocycles. The summed E-state index contributed by atoms with van der Waals surface area (Å²) in [6, 6.07) is 6.63. The fourth-order valence-corrected chi connectivity index (χ4v) is 4.67. The summed E-state index contributed by atoms with van der Waals surface area (Å²) in [4.78, 5) is 19.9. The summed E-state index contributed by atoms with van der Waals surface area (Å²) in [5, 5.41) is 20.0. The van der Waals surface area contributed by atoms with E-state index >= 15 is 0 Å². The van der Waals surface area contributed by atoms with Gasteiger partial charge in [-0.15, -0.1) is 0 Å². The van der Waals surface area contributed by atoms with Gasteiger partial charge in [-0.3, -0.25) is 0 Å². The van der Waals surface area contributed by atoms with Crippen LogP contribution in [-0.2, 0) is 22.9 Å². The number of carbonyl (C=O) groups excluding carboxylic acids is 1. The number of hydrogen-bond donors (Lipinski definition) is 6. The summed E-state index contributed by atoms with van der Waals surface area (Å²) in [5.74, 6) is 0.503. The quantitative estimate of drug-likeness (QED) is 0.185. The minimum absolute atomic E-state index is 0.146. The summed E-state index contributed by atoms with van der Waals surface area (Å²) in [6.07, 6.45) is 8.74. The summed E-state index contributed by atoms with van der Waals surface area (Å²) >= 11 is 0. The van der Waals surface area contributed by atoms with Crippen molar-refractivity contribution in [2.75, 3.05) is 11.9 Å². The first-order chi connectivity index (χ1) is 18.0. The van der Waals surface area contributed by atoms with Crippen LogP contribution in [0.1, 0.15) is 44.2 Å². The number of sulfonamides is 1. The summed E-state index contributed by atoms with van der Waals surface area (Å²) in [5.41, 5.74) is 9.84. The predicted molar refractivity (Wildman–Crippen MR) is 145 cm³/mol. The van der Waals surface area contributed by atoms with Crippen LogP contribution in [0.4, 0.5) is 10.5 Å². The van der Waals surface area contributed by atoms with Gasteiger partial charge in [0.05, 0.1) is 11.0 Å². The lowest BCUT2D eigenvalue weighted by molar-refractivity contribution is -0.457. The molecule has 2 aromatic rings. The van der Waals surface area contributed by atoms with Crippen LogP contribution in [0.5, 0.6) is 5.88 Å². The van der Waals surface area contributed by atoms with E-state index in [2.05, 4.69) is 15.3 Å². The van der Waals surface area contributed by atoms with Gasteiger partial charge in [0.1, 0.15) is 12.6 Å². The summed E-state index contributed by atoms with van der Waals surface area (Å²) in [6.45, 7) is 3.39. The van der Waals surface area contributed by atoms with Crippen molar-refractivity contribution in [3.8, 4) is 17.0 Å². The Kier molecular flexibility index (Phi) is 8.09.